The molecule has 3 rings (SSSR count). The highest BCUT2D eigenvalue weighted by Crippen LogP contribution is 2.34. The van der Waals surface area contributed by atoms with Crippen molar-refractivity contribution in [1.82, 2.24) is 5.32 Å². The molecule has 0 radical (unpaired) electrons. The van der Waals surface area contributed by atoms with E-state index in [4.69, 9.17) is 30.5 Å². The Kier molecular flexibility index (Phi) is 9.71. The average molecular weight is 563 g/mol. The van der Waals surface area contributed by atoms with E-state index < -0.39 is 22.5 Å². The van der Waals surface area contributed by atoms with Crippen LogP contribution in [0.4, 0.5) is 5.69 Å². The normalized spacial score (nSPS) is 11.0. The van der Waals surface area contributed by atoms with E-state index in [9.17, 15) is 13.2 Å². The summed E-state index contributed by atoms with van der Waals surface area (Å²) in [6, 6.07) is 14.8. The van der Waals surface area contributed by atoms with Gasteiger partial charge in [0.05, 0.1) is 39.1 Å². The second-order valence-corrected chi connectivity index (χ2v) is 10.5. The van der Waals surface area contributed by atoms with Crippen LogP contribution < -0.4 is 28.6 Å². The Hall–Kier alpha value is -3.63. The van der Waals surface area contributed by atoms with E-state index >= 15 is 0 Å². The molecule has 38 heavy (non-hydrogen) atoms. The fourth-order valence-corrected chi connectivity index (χ4v) is 5.71. The number of ether oxygens (including phenoxy) is 4. The Bertz CT molecular complexity index is 1400. The predicted molar refractivity (Wildman–Crippen MR) is 147 cm³/mol. The topological polar surface area (TPSA) is 103 Å². The van der Waals surface area contributed by atoms with Crippen LogP contribution in [0.5, 0.6) is 23.0 Å². The second-order valence-electron chi connectivity index (χ2n) is 8.27. The summed E-state index contributed by atoms with van der Waals surface area (Å²) in [7, 11) is 1.72. The van der Waals surface area contributed by atoms with Crippen LogP contribution in [0.25, 0.3) is 0 Å². The van der Waals surface area contributed by atoms with Gasteiger partial charge in [0.2, 0.25) is 5.91 Å². The molecule has 204 valence electrons. The number of sulfonamides is 1. The van der Waals surface area contributed by atoms with Crippen LogP contribution in [0.2, 0.25) is 5.02 Å². The lowest BCUT2D eigenvalue weighted by molar-refractivity contribution is -0.119. The van der Waals surface area contributed by atoms with E-state index in [2.05, 4.69) is 5.32 Å². The molecular formula is C27H31ClN2O7S. The van der Waals surface area contributed by atoms with Crippen molar-refractivity contribution in [2.75, 3.05) is 45.8 Å². The maximum absolute atomic E-state index is 13.9. The number of carbonyl (C=O) groups excluding carboxylic acids is 1. The first-order valence-corrected chi connectivity index (χ1v) is 13.4. The van der Waals surface area contributed by atoms with Crippen LogP contribution in [0.3, 0.4) is 0 Å². The lowest BCUT2D eigenvalue weighted by Crippen LogP contribution is -2.41. The van der Waals surface area contributed by atoms with Crippen LogP contribution in [0.15, 0.2) is 59.5 Å². The molecule has 1 amide bonds. The van der Waals surface area contributed by atoms with E-state index in [1.807, 2.05) is 12.1 Å². The molecule has 0 aliphatic carbocycles. The zero-order chi connectivity index (χ0) is 27.9. The number of halogens is 1. The summed E-state index contributed by atoms with van der Waals surface area (Å²) in [5.41, 5.74) is 1.84. The summed E-state index contributed by atoms with van der Waals surface area (Å²) in [6.45, 7) is 1.57. The van der Waals surface area contributed by atoms with Gasteiger partial charge in [0, 0.05) is 6.54 Å². The number of amides is 1. The number of aryl methyl sites for hydroxylation is 1. The number of benzene rings is 3. The minimum atomic E-state index is -4.23. The highest BCUT2D eigenvalue weighted by atomic mass is 35.5. The molecule has 0 aliphatic rings. The first-order valence-electron chi connectivity index (χ1n) is 11.6. The third-order valence-corrected chi connectivity index (χ3v) is 7.87. The van der Waals surface area contributed by atoms with E-state index in [-0.39, 0.29) is 27.9 Å². The second kappa shape index (κ2) is 12.7. The van der Waals surface area contributed by atoms with Gasteiger partial charge in [-0.3, -0.25) is 9.10 Å². The van der Waals surface area contributed by atoms with Gasteiger partial charge in [-0.05, 0) is 66.9 Å². The third kappa shape index (κ3) is 6.62. The number of hydrogen-bond donors (Lipinski definition) is 1. The van der Waals surface area contributed by atoms with Gasteiger partial charge in [-0.25, -0.2) is 8.42 Å². The summed E-state index contributed by atoms with van der Waals surface area (Å²) in [5, 5.41) is 3.00. The van der Waals surface area contributed by atoms with Gasteiger partial charge >= 0.3 is 0 Å². The summed E-state index contributed by atoms with van der Waals surface area (Å²) in [6.07, 6.45) is 0.499. The maximum atomic E-state index is 13.9. The monoisotopic (exact) mass is 562 g/mol. The fourth-order valence-electron chi connectivity index (χ4n) is 3.80. The number of carbonyl (C=O) groups is 1. The molecule has 0 heterocycles. The van der Waals surface area contributed by atoms with Crippen molar-refractivity contribution in [3.05, 3.63) is 70.7 Å². The summed E-state index contributed by atoms with van der Waals surface area (Å²) in [4.78, 5) is 12.9. The van der Waals surface area contributed by atoms with Gasteiger partial charge in [-0.2, -0.15) is 0 Å². The molecule has 3 aromatic carbocycles. The number of nitrogens with one attached hydrogen (secondary N) is 1. The third-order valence-electron chi connectivity index (χ3n) is 5.78. The average Bonchev–Trinajstić information content (AvgIpc) is 2.91. The van der Waals surface area contributed by atoms with E-state index in [0.29, 0.717) is 23.7 Å². The van der Waals surface area contributed by atoms with Crippen LogP contribution in [-0.2, 0) is 21.2 Å². The number of hydrogen-bond acceptors (Lipinski definition) is 7. The van der Waals surface area contributed by atoms with Gasteiger partial charge in [0.1, 0.15) is 22.9 Å². The SMILES string of the molecule is COc1ccc(N(CC(=O)NCCc2ccc(OC)c(OC)c2)S(=O)(=O)c2cc(C)ccc2OC)cc1Cl. The van der Waals surface area contributed by atoms with Gasteiger partial charge in [-0.1, -0.05) is 23.7 Å². The first kappa shape index (κ1) is 28.9. The molecular weight excluding hydrogens is 532 g/mol. The van der Waals surface area contributed by atoms with Crippen molar-refractivity contribution in [2.24, 2.45) is 0 Å². The molecule has 0 unspecified atom stereocenters. The molecule has 9 nitrogen and oxygen atoms in total. The largest absolute Gasteiger partial charge is 0.495 e. The smallest absolute Gasteiger partial charge is 0.268 e. The fraction of sp³-hybridized carbons (Fsp3) is 0.296. The molecule has 0 atom stereocenters. The summed E-state index contributed by atoms with van der Waals surface area (Å²) < 4.78 is 49.8. The quantitative estimate of drug-likeness (QED) is 0.352. The van der Waals surface area contributed by atoms with Gasteiger partial charge in [0.15, 0.2) is 11.5 Å². The minimum absolute atomic E-state index is 0.0648. The van der Waals surface area contributed by atoms with Crippen molar-refractivity contribution in [3.8, 4) is 23.0 Å². The Morgan fingerprint density at radius 1 is 0.842 bits per heavy atom. The van der Waals surface area contributed by atoms with Crippen LogP contribution >= 0.6 is 11.6 Å². The molecule has 0 saturated heterocycles. The Balaban J connectivity index is 1.86. The van der Waals surface area contributed by atoms with Crippen LogP contribution in [0.1, 0.15) is 11.1 Å². The maximum Gasteiger partial charge on any atom is 0.268 e. The molecule has 0 spiro atoms. The lowest BCUT2D eigenvalue weighted by atomic mass is 10.1. The number of rotatable bonds is 12. The molecule has 0 bridgehead atoms. The predicted octanol–water partition coefficient (Wildman–Crippen LogP) is 4.24. The number of nitrogens with zero attached hydrogens (tertiary/aromatic N) is 1. The Labute approximate surface area is 228 Å². The molecule has 0 saturated carbocycles. The van der Waals surface area contributed by atoms with Gasteiger partial charge in [-0.15, -0.1) is 0 Å². The first-order chi connectivity index (χ1) is 18.1. The van der Waals surface area contributed by atoms with Crippen molar-refractivity contribution >= 4 is 33.2 Å². The van der Waals surface area contributed by atoms with E-state index in [0.717, 1.165) is 15.4 Å². The summed E-state index contributed by atoms with van der Waals surface area (Å²) >= 11 is 6.30. The van der Waals surface area contributed by atoms with Crippen LogP contribution in [-0.4, -0.2) is 55.9 Å². The standard InChI is InChI=1S/C27H31ClN2O7S/c1-18-6-9-24(36-4)26(14-18)38(32,33)30(20-8-11-22(34-2)21(28)16-20)17-27(31)29-13-12-19-7-10-23(35-3)25(15-19)37-5/h6-11,14-16H,12-13,17H2,1-5H3,(H,29,31). The number of methoxy groups -OCH3 is 4. The minimum Gasteiger partial charge on any atom is -0.495 e. The molecule has 0 aromatic heterocycles. The Morgan fingerprint density at radius 2 is 1.47 bits per heavy atom. The lowest BCUT2D eigenvalue weighted by Gasteiger charge is -2.25. The van der Waals surface area contributed by atoms with Crippen LogP contribution in [0, 0.1) is 6.92 Å². The van der Waals surface area contributed by atoms with Gasteiger partial charge in [0.25, 0.3) is 10.0 Å². The van der Waals surface area contributed by atoms with Gasteiger partial charge < -0.3 is 24.3 Å². The highest BCUT2D eigenvalue weighted by Gasteiger charge is 2.30. The molecule has 0 aliphatic heterocycles. The van der Waals surface area contributed by atoms with Crippen molar-refractivity contribution in [1.29, 1.82) is 0 Å². The molecule has 1 N–H and O–H groups in total. The van der Waals surface area contributed by atoms with Crippen molar-refractivity contribution in [3.63, 3.8) is 0 Å². The molecule has 11 heteroatoms. The summed E-state index contributed by atoms with van der Waals surface area (Å²) in [5.74, 6) is 1.23. The van der Waals surface area contributed by atoms with Crippen molar-refractivity contribution in [2.45, 2.75) is 18.2 Å². The number of anilines is 1. The van der Waals surface area contributed by atoms with E-state index in [1.165, 1.54) is 32.4 Å². The molecule has 3 aromatic rings. The zero-order valence-corrected chi connectivity index (χ0v) is 23.5. The Morgan fingerprint density at radius 3 is 2.11 bits per heavy atom. The van der Waals surface area contributed by atoms with Crippen molar-refractivity contribution < 1.29 is 32.2 Å². The van der Waals surface area contributed by atoms with E-state index in [1.54, 1.807) is 45.4 Å². The highest BCUT2D eigenvalue weighted by molar-refractivity contribution is 7.93. The molecule has 0 fully saturated rings. The zero-order valence-electron chi connectivity index (χ0n) is 21.9.